The van der Waals surface area contributed by atoms with Crippen LogP contribution in [-0.4, -0.2) is 18.9 Å². The number of fused-ring (bicyclic) bond motifs is 1. The fraction of sp³-hybridized carbons (Fsp3) is 0.357. The Morgan fingerprint density at radius 3 is 2.89 bits per heavy atom. The van der Waals surface area contributed by atoms with Crippen molar-refractivity contribution in [3.63, 3.8) is 0 Å². The smallest absolute Gasteiger partial charge is 0.200 e. The predicted molar refractivity (Wildman–Crippen MR) is 77.9 cm³/mol. The summed E-state index contributed by atoms with van der Waals surface area (Å²) in [5.41, 5.74) is 0.667. The summed E-state index contributed by atoms with van der Waals surface area (Å²) < 4.78 is 13.8. The van der Waals surface area contributed by atoms with Gasteiger partial charge in [0.1, 0.15) is 17.9 Å². The highest BCUT2D eigenvalue weighted by Gasteiger charge is 2.15. The van der Waals surface area contributed by atoms with E-state index in [-0.39, 0.29) is 11.7 Å². The number of nitrogens with one attached hydrogen (secondary N) is 1. The van der Waals surface area contributed by atoms with E-state index in [0.29, 0.717) is 30.2 Å². The molecule has 1 heterocycles. The Morgan fingerprint density at radius 2 is 2.21 bits per heavy atom. The zero-order chi connectivity index (χ0) is 13.8. The maximum Gasteiger partial charge on any atom is 0.200 e. The monoisotopic (exact) mass is 279 g/mol. The van der Waals surface area contributed by atoms with Gasteiger partial charge in [0.2, 0.25) is 5.78 Å². The van der Waals surface area contributed by atoms with Crippen LogP contribution in [0.4, 0.5) is 0 Å². The SMILES string of the molecule is CC(C)C(=O)c1cc2ccc(OCCNS)cc2o1. The molecular formula is C14H17NO3S. The summed E-state index contributed by atoms with van der Waals surface area (Å²) in [5.74, 6) is 1.06. The standard InChI is InChI=1S/C14H17NO3S/c1-9(2)14(16)13-7-10-3-4-11(8-12(10)18-13)17-6-5-15-19/h3-4,7-9,15,19H,5-6H2,1-2H3. The summed E-state index contributed by atoms with van der Waals surface area (Å²) in [4.78, 5) is 11.9. The van der Waals surface area contributed by atoms with Crippen molar-refractivity contribution in [1.82, 2.24) is 4.72 Å². The highest BCUT2D eigenvalue weighted by atomic mass is 32.1. The maximum atomic E-state index is 11.9. The predicted octanol–water partition coefficient (Wildman–Crippen LogP) is 3.08. The van der Waals surface area contributed by atoms with E-state index in [0.717, 1.165) is 5.39 Å². The van der Waals surface area contributed by atoms with Gasteiger partial charge in [-0.05, 0) is 18.2 Å². The van der Waals surface area contributed by atoms with Crippen LogP contribution >= 0.6 is 12.8 Å². The summed E-state index contributed by atoms with van der Waals surface area (Å²) in [6, 6.07) is 7.32. The van der Waals surface area contributed by atoms with Crippen molar-refractivity contribution in [1.29, 1.82) is 0 Å². The molecule has 0 spiro atoms. The molecule has 102 valence electrons. The van der Waals surface area contributed by atoms with Crippen molar-refractivity contribution in [3.05, 3.63) is 30.0 Å². The Bertz CT molecular complexity index is 577. The lowest BCUT2D eigenvalue weighted by atomic mass is 10.1. The second-order valence-corrected chi connectivity index (χ2v) is 4.90. The first-order chi connectivity index (χ1) is 9.11. The minimum absolute atomic E-state index is 0.0120. The molecule has 0 unspecified atom stereocenters. The van der Waals surface area contributed by atoms with Gasteiger partial charge in [0.05, 0.1) is 0 Å². The van der Waals surface area contributed by atoms with Gasteiger partial charge in [0.25, 0.3) is 0 Å². The normalized spacial score (nSPS) is 11.2. The fourth-order valence-corrected chi connectivity index (χ4v) is 1.81. The Balaban J connectivity index is 2.21. The molecule has 0 fully saturated rings. The van der Waals surface area contributed by atoms with E-state index in [1.807, 2.05) is 26.0 Å². The molecule has 0 amide bonds. The van der Waals surface area contributed by atoms with Crippen LogP contribution in [0, 0.1) is 5.92 Å². The average Bonchev–Trinajstić information content (AvgIpc) is 2.81. The Hall–Kier alpha value is -1.46. The second kappa shape index (κ2) is 6.12. The molecular weight excluding hydrogens is 262 g/mol. The van der Waals surface area contributed by atoms with Crippen LogP contribution in [0.5, 0.6) is 5.75 Å². The molecule has 5 heteroatoms. The maximum absolute atomic E-state index is 11.9. The first kappa shape index (κ1) is 14.0. The minimum atomic E-state index is -0.0715. The molecule has 0 aliphatic carbocycles. The van der Waals surface area contributed by atoms with Crippen LogP contribution in [-0.2, 0) is 0 Å². The zero-order valence-electron chi connectivity index (χ0n) is 11.0. The molecule has 0 atom stereocenters. The summed E-state index contributed by atoms with van der Waals surface area (Å²) in [6.07, 6.45) is 0. The summed E-state index contributed by atoms with van der Waals surface area (Å²) in [7, 11) is 0. The van der Waals surface area contributed by atoms with Crippen molar-refractivity contribution in [2.24, 2.45) is 5.92 Å². The van der Waals surface area contributed by atoms with Crippen LogP contribution in [0.2, 0.25) is 0 Å². The molecule has 1 aromatic heterocycles. The number of benzene rings is 1. The third-order valence-corrected chi connectivity index (χ3v) is 2.96. The number of ketones is 1. The number of thiol groups is 1. The van der Waals surface area contributed by atoms with Gasteiger partial charge in [-0.2, -0.15) is 0 Å². The van der Waals surface area contributed by atoms with Crippen molar-refractivity contribution in [2.75, 3.05) is 13.2 Å². The molecule has 0 saturated carbocycles. The number of carbonyl (C=O) groups is 1. The largest absolute Gasteiger partial charge is 0.492 e. The Morgan fingerprint density at radius 1 is 1.42 bits per heavy atom. The van der Waals surface area contributed by atoms with E-state index in [2.05, 4.69) is 17.5 Å². The lowest BCUT2D eigenvalue weighted by Gasteiger charge is -2.04. The molecule has 19 heavy (non-hydrogen) atoms. The molecule has 1 N–H and O–H groups in total. The zero-order valence-corrected chi connectivity index (χ0v) is 11.9. The van der Waals surface area contributed by atoms with Crippen molar-refractivity contribution < 1.29 is 13.9 Å². The lowest BCUT2D eigenvalue weighted by Crippen LogP contribution is -2.11. The summed E-state index contributed by atoms with van der Waals surface area (Å²) in [5, 5.41) is 0.906. The highest BCUT2D eigenvalue weighted by Crippen LogP contribution is 2.25. The average molecular weight is 279 g/mol. The van der Waals surface area contributed by atoms with Gasteiger partial charge < -0.3 is 9.15 Å². The van der Waals surface area contributed by atoms with Gasteiger partial charge in [-0.3, -0.25) is 9.52 Å². The topological polar surface area (TPSA) is 51.5 Å². The molecule has 0 saturated heterocycles. The summed E-state index contributed by atoms with van der Waals surface area (Å²) in [6.45, 7) is 4.88. The molecule has 4 nitrogen and oxygen atoms in total. The molecule has 0 radical (unpaired) electrons. The number of carbonyl (C=O) groups excluding carboxylic acids is 1. The van der Waals surface area contributed by atoms with Gasteiger partial charge >= 0.3 is 0 Å². The second-order valence-electron chi connectivity index (χ2n) is 4.59. The fourth-order valence-electron chi connectivity index (χ4n) is 1.72. The highest BCUT2D eigenvalue weighted by molar-refractivity contribution is 7.78. The van der Waals surface area contributed by atoms with Crippen molar-refractivity contribution >= 4 is 29.6 Å². The third-order valence-electron chi connectivity index (χ3n) is 2.74. The number of furan rings is 1. The summed E-state index contributed by atoms with van der Waals surface area (Å²) >= 11 is 3.88. The van der Waals surface area contributed by atoms with Crippen LogP contribution in [0.1, 0.15) is 24.4 Å². The number of hydrogen-bond donors (Lipinski definition) is 2. The van der Waals surface area contributed by atoms with E-state index in [4.69, 9.17) is 9.15 Å². The van der Waals surface area contributed by atoms with Gasteiger partial charge in [-0.1, -0.05) is 26.7 Å². The van der Waals surface area contributed by atoms with Crippen molar-refractivity contribution in [3.8, 4) is 5.75 Å². The van der Waals surface area contributed by atoms with Crippen LogP contribution in [0.3, 0.4) is 0 Å². The van der Waals surface area contributed by atoms with Crippen molar-refractivity contribution in [2.45, 2.75) is 13.8 Å². The van der Waals surface area contributed by atoms with Gasteiger partial charge in [-0.25, -0.2) is 0 Å². The van der Waals surface area contributed by atoms with Crippen LogP contribution in [0.25, 0.3) is 11.0 Å². The number of ether oxygens (including phenoxy) is 1. The number of hydrogen-bond acceptors (Lipinski definition) is 5. The van der Waals surface area contributed by atoms with Crippen LogP contribution < -0.4 is 9.46 Å². The number of rotatable bonds is 6. The van der Waals surface area contributed by atoms with E-state index in [1.165, 1.54) is 0 Å². The molecule has 2 aromatic rings. The van der Waals surface area contributed by atoms with Crippen LogP contribution in [0.15, 0.2) is 28.7 Å². The first-order valence-corrected chi connectivity index (χ1v) is 6.64. The van der Waals surface area contributed by atoms with E-state index < -0.39 is 0 Å². The molecule has 0 bridgehead atoms. The van der Waals surface area contributed by atoms with E-state index in [9.17, 15) is 4.79 Å². The Labute approximate surface area is 117 Å². The van der Waals surface area contributed by atoms with E-state index in [1.54, 1.807) is 12.1 Å². The lowest BCUT2D eigenvalue weighted by molar-refractivity contribution is 0.0913. The first-order valence-electron chi connectivity index (χ1n) is 6.19. The molecule has 0 aliphatic rings. The van der Waals surface area contributed by atoms with Gasteiger partial charge in [-0.15, -0.1) is 0 Å². The molecule has 0 aliphatic heterocycles. The quantitative estimate of drug-likeness (QED) is 0.485. The van der Waals surface area contributed by atoms with E-state index >= 15 is 0 Å². The minimum Gasteiger partial charge on any atom is -0.492 e. The van der Waals surface area contributed by atoms with Gasteiger partial charge in [0, 0.05) is 23.9 Å². The number of Topliss-reactive ketones (excluding diaryl/α,β-unsaturated/α-hetero) is 1. The molecule has 2 rings (SSSR count). The van der Waals surface area contributed by atoms with Gasteiger partial charge in [0.15, 0.2) is 5.76 Å². The molecule has 1 aromatic carbocycles. The Kier molecular flexibility index (Phi) is 4.50. The third kappa shape index (κ3) is 3.30.